The van der Waals surface area contributed by atoms with Crippen molar-refractivity contribution in [2.24, 2.45) is 0 Å². The highest BCUT2D eigenvalue weighted by molar-refractivity contribution is 5.92. The molecule has 4 rings (SSSR count). The number of likely N-dealkylation sites (tertiary alicyclic amines) is 1. The third kappa shape index (κ3) is 5.27. The summed E-state index contributed by atoms with van der Waals surface area (Å²) in [6, 6.07) is 9.90. The third-order valence-corrected chi connectivity index (χ3v) is 6.49. The number of nitrogens with one attached hydrogen (secondary N) is 2. The van der Waals surface area contributed by atoms with E-state index in [0.29, 0.717) is 18.5 Å². The number of aromatic nitrogens is 2. The summed E-state index contributed by atoms with van der Waals surface area (Å²) in [4.78, 5) is 27.5. The number of aromatic amines is 1. The molecule has 2 aliphatic rings. The van der Waals surface area contributed by atoms with E-state index >= 15 is 0 Å². The fraction of sp³-hybridized carbons (Fsp3) is 0.542. The highest BCUT2D eigenvalue weighted by Crippen LogP contribution is 2.31. The molecule has 1 aliphatic heterocycles. The van der Waals surface area contributed by atoms with Crippen LogP contribution in [0.15, 0.2) is 30.3 Å². The fourth-order valence-corrected chi connectivity index (χ4v) is 4.69. The van der Waals surface area contributed by atoms with Crippen molar-refractivity contribution in [3.8, 4) is 5.75 Å². The maximum absolute atomic E-state index is 13.0. The van der Waals surface area contributed by atoms with Crippen LogP contribution in [0.25, 0.3) is 0 Å². The molecule has 1 saturated carbocycles. The highest BCUT2D eigenvalue weighted by Gasteiger charge is 2.30. The van der Waals surface area contributed by atoms with Crippen molar-refractivity contribution < 1.29 is 14.3 Å². The van der Waals surface area contributed by atoms with E-state index in [-0.39, 0.29) is 23.9 Å². The Bertz CT molecular complexity index is 886. The maximum atomic E-state index is 13.0. The number of ether oxygens (including phenoxy) is 1. The van der Waals surface area contributed by atoms with Crippen LogP contribution in [0.4, 0.5) is 0 Å². The molecule has 1 aliphatic carbocycles. The Morgan fingerprint density at radius 2 is 1.87 bits per heavy atom. The molecule has 1 atom stereocenters. The number of piperidine rings is 1. The number of rotatable bonds is 7. The Morgan fingerprint density at radius 1 is 1.13 bits per heavy atom. The van der Waals surface area contributed by atoms with Crippen LogP contribution in [0.1, 0.15) is 79.2 Å². The van der Waals surface area contributed by atoms with Crippen molar-refractivity contribution >= 4 is 11.8 Å². The van der Waals surface area contributed by atoms with Gasteiger partial charge >= 0.3 is 0 Å². The Kier molecular flexibility index (Phi) is 6.89. The van der Waals surface area contributed by atoms with Crippen molar-refractivity contribution in [3.63, 3.8) is 0 Å². The monoisotopic (exact) mass is 424 g/mol. The molecule has 1 saturated heterocycles. The van der Waals surface area contributed by atoms with Gasteiger partial charge in [-0.3, -0.25) is 14.7 Å². The van der Waals surface area contributed by atoms with E-state index in [2.05, 4.69) is 15.5 Å². The number of nitrogens with zero attached hydrogens (tertiary/aromatic N) is 2. The summed E-state index contributed by atoms with van der Waals surface area (Å²) >= 11 is 0. The lowest BCUT2D eigenvalue weighted by Crippen LogP contribution is -2.38. The molecule has 0 unspecified atom stereocenters. The van der Waals surface area contributed by atoms with Crippen LogP contribution >= 0.6 is 0 Å². The summed E-state index contributed by atoms with van der Waals surface area (Å²) in [6.45, 7) is 0.745. The average Bonchev–Trinajstić information content (AvgIpc) is 3.50. The van der Waals surface area contributed by atoms with Crippen LogP contribution < -0.4 is 10.1 Å². The number of carbonyl (C=O) groups is 2. The van der Waals surface area contributed by atoms with E-state index in [9.17, 15) is 9.59 Å². The topological polar surface area (TPSA) is 87.3 Å². The SMILES string of the molecule is COc1ccc(CCC(=O)N2CCCC[C@H]2c2cc(C(=O)NC3CCCC3)n[nH]2)cc1. The predicted molar refractivity (Wildman–Crippen MR) is 118 cm³/mol. The molecule has 1 aromatic carbocycles. The lowest BCUT2D eigenvalue weighted by atomic mass is 9.98. The van der Waals surface area contributed by atoms with Crippen molar-refractivity contribution in [3.05, 3.63) is 47.3 Å². The maximum Gasteiger partial charge on any atom is 0.271 e. The molecule has 7 nitrogen and oxygen atoms in total. The molecular formula is C24H32N4O3. The molecule has 7 heteroatoms. The van der Waals surface area contributed by atoms with Gasteiger partial charge in [-0.15, -0.1) is 0 Å². The first-order chi connectivity index (χ1) is 15.1. The van der Waals surface area contributed by atoms with Gasteiger partial charge in [-0.05, 0) is 62.3 Å². The molecule has 2 amide bonds. The van der Waals surface area contributed by atoms with E-state index in [4.69, 9.17) is 4.74 Å². The molecule has 2 aromatic rings. The zero-order valence-corrected chi connectivity index (χ0v) is 18.2. The van der Waals surface area contributed by atoms with Gasteiger partial charge in [0, 0.05) is 19.0 Å². The minimum absolute atomic E-state index is 0.0438. The van der Waals surface area contributed by atoms with Crippen molar-refractivity contribution in [1.29, 1.82) is 0 Å². The van der Waals surface area contributed by atoms with Crippen LogP contribution in [0.5, 0.6) is 5.75 Å². The fourth-order valence-electron chi connectivity index (χ4n) is 4.69. The zero-order chi connectivity index (χ0) is 21.6. The molecule has 0 radical (unpaired) electrons. The number of benzene rings is 1. The van der Waals surface area contributed by atoms with E-state index in [1.807, 2.05) is 35.2 Å². The third-order valence-electron chi connectivity index (χ3n) is 6.49. The Morgan fingerprint density at radius 3 is 2.61 bits per heavy atom. The van der Waals surface area contributed by atoms with Crippen LogP contribution in [-0.4, -0.2) is 46.6 Å². The summed E-state index contributed by atoms with van der Waals surface area (Å²) in [7, 11) is 1.65. The highest BCUT2D eigenvalue weighted by atomic mass is 16.5. The van der Waals surface area contributed by atoms with E-state index in [1.165, 1.54) is 12.8 Å². The van der Waals surface area contributed by atoms with Crippen molar-refractivity contribution in [2.45, 2.75) is 69.9 Å². The lowest BCUT2D eigenvalue weighted by Gasteiger charge is -2.35. The predicted octanol–water partition coefficient (Wildman–Crippen LogP) is 3.78. The molecule has 0 bridgehead atoms. The second kappa shape index (κ2) is 9.98. The summed E-state index contributed by atoms with van der Waals surface area (Å²) in [5.41, 5.74) is 2.39. The van der Waals surface area contributed by atoms with Crippen LogP contribution in [0.3, 0.4) is 0 Å². The Labute approximate surface area is 183 Å². The molecule has 1 aromatic heterocycles. The smallest absolute Gasteiger partial charge is 0.271 e. The first-order valence-corrected chi connectivity index (χ1v) is 11.4. The molecular weight excluding hydrogens is 392 g/mol. The first-order valence-electron chi connectivity index (χ1n) is 11.4. The van der Waals surface area contributed by atoms with Gasteiger partial charge in [0.05, 0.1) is 18.8 Å². The van der Waals surface area contributed by atoms with Gasteiger partial charge in [-0.25, -0.2) is 0 Å². The summed E-state index contributed by atoms with van der Waals surface area (Å²) in [5.74, 6) is 0.841. The molecule has 0 spiro atoms. The quantitative estimate of drug-likeness (QED) is 0.708. The summed E-state index contributed by atoms with van der Waals surface area (Å²) < 4.78 is 5.20. The van der Waals surface area contributed by atoms with Gasteiger partial charge < -0.3 is 15.0 Å². The minimum atomic E-state index is -0.123. The molecule has 31 heavy (non-hydrogen) atoms. The number of aryl methyl sites for hydroxylation is 1. The van der Waals surface area contributed by atoms with Crippen molar-refractivity contribution in [2.75, 3.05) is 13.7 Å². The Balaban J connectivity index is 1.38. The van der Waals surface area contributed by atoms with Gasteiger partial charge in [0.1, 0.15) is 11.4 Å². The molecule has 166 valence electrons. The Hall–Kier alpha value is -2.83. The van der Waals surface area contributed by atoms with Crippen LogP contribution in [0, 0.1) is 0 Å². The number of H-pyrrole nitrogens is 1. The average molecular weight is 425 g/mol. The normalized spacial score (nSPS) is 19.4. The van der Waals surface area contributed by atoms with Crippen molar-refractivity contribution in [1.82, 2.24) is 20.4 Å². The standard InChI is InChI=1S/C24H32N4O3/c1-31-19-12-9-17(10-13-19)11-14-23(29)28-15-5-4-8-22(28)20-16-21(27-26-20)24(30)25-18-6-2-3-7-18/h9-10,12-13,16,18,22H,2-8,11,14-15H2,1H3,(H,25,30)(H,26,27)/t22-/m0/s1. The van der Waals surface area contributed by atoms with Crippen LogP contribution in [-0.2, 0) is 11.2 Å². The number of methoxy groups -OCH3 is 1. The van der Waals surface area contributed by atoms with Gasteiger partial charge in [-0.2, -0.15) is 5.10 Å². The van der Waals surface area contributed by atoms with E-state index < -0.39 is 0 Å². The first kappa shape index (κ1) is 21.4. The number of hydrogen-bond donors (Lipinski definition) is 2. The molecule has 2 fully saturated rings. The largest absolute Gasteiger partial charge is 0.497 e. The minimum Gasteiger partial charge on any atom is -0.497 e. The summed E-state index contributed by atoms with van der Waals surface area (Å²) in [6.07, 6.45) is 8.56. The molecule has 2 N–H and O–H groups in total. The lowest BCUT2D eigenvalue weighted by molar-refractivity contribution is -0.135. The zero-order valence-electron chi connectivity index (χ0n) is 18.2. The van der Waals surface area contributed by atoms with E-state index in [0.717, 1.165) is 55.7 Å². The second-order valence-corrected chi connectivity index (χ2v) is 8.61. The second-order valence-electron chi connectivity index (χ2n) is 8.61. The van der Waals surface area contributed by atoms with Gasteiger partial charge in [-0.1, -0.05) is 25.0 Å². The molecule has 2 heterocycles. The van der Waals surface area contributed by atoms with Gasteiger partial charge in [0.2, 0.25) is 5.91 Å². The number of hydrogen-bond acceptors (Lipinski definition) is 4. The van der Waals surface area contributed by atoms with Gasteiger partial charge in [0.15, 0.2) is 0 Å². The number of carbonyl (C=O) groups excluding carboxylic acids is 2. The van der Waals surface area contributed by atoms with E-state index in [1.54, 1.807) is 7.11 Å². The van der Waals surface area contributed by atoms with Gasteiger partial charge in [0.25, 0.3) is 5.91 Å². The van der Waals surface area contributed by atoms with Crippen LogP contribution in [0.2, 0.25) is 0 Å². The number of amides is 2. The summed E-state index contributed by atoms with van der Waals surface area (Å²) in [5, 5.41) is 10.4.